The normalized spacial score (nSPS) is 12.0. The van der Waals surface area contributed by atoms with E-state index >= 15 is 0 Å². The minimum absolute atomic E-state index is 0.186. The van der Waals surface area contributed by atoms with Gasteiger partial charge in [0, 0.05) is 27.6 Å². The van der Waals surface area contributed by atoms with Gasteiger partial charge in [-0.15, -0.1) is 0 Å². The molecule has 3 heterocycles. The summed E-state index contributed by atoms with van der Waals surface area (Å²) in [5.41, 5.74) is 12.6. The molecule has 0 saturated heterocycles. The van der Waals surface area contributed by atoms with Crippen LogP contribution < -0.4 is 10.5 Å². The lowest BCUT2D eigenvalue weighted by Gasteiger charge is -2.21. The van der Waals surface area contributed by atoms with Gasteiger partial charge in [0.1, 0.15) is 23.0 Å². The molecule has 5 aromatic rings. The number of hydrogen-bond donors (Lipinski definition) is 2. The van der Waals surface area contributed by atoms with Crippen molar-refractivity contribution in [1.29, 1.82) is 0 Å². The fourth-order valence-electron chi connectivity index (χ4n) is 4.72. The van der Waals surface area contributed by atoms with Crippen LogP contribution in [0.4, 0.5) is 0 Å². The van der Waals surface area contributed by atoms with Crippen molar-refractivity contribution < 1.29 is 14.1 Å². The van der Waals surface area contributed by atoms with Crippen molar-refractivity contribution in [2.24, 2.45) is 5.73 Å². The van der Waals surface area contributed by atoms with E-state index in [-0.39, 0.29) is 5.41 Å². The minimum atomic E-state index is -0.478. The molecular formula is C28H29N5O3. The number of amides is 1. The molecule has 3 aromatic heterocycles. The van der Waals surface area contributed by atoms with E-state index in [0.717, 1.165) is 55.7 Å². The van der Waals surface area contributed by atoms with Crippen LogP contribution in [0.3, 0.4) is 0 Å². The Kier molecular flexibility index (Phi) is 5.35. The first-order valence-electron chi connectivity index (χ1n) is 11.7. The van der Waals surface area contributed by atoms with Crippen LogP contribution >= 0.6 is 0 Å². The molecule has 0 radical (unpaired) electrons. The van der Waals surface area contributed by atoms with Crippen molar-refractivity contribution >= 4 is 27.8 Å². The van der Waals surface area contributed by atoms with E-state index in [4.69, 9.17) is 20.0 Å². The third kappa shape index (κ3) is 3.79. The molecule has 0 spiro atoms. The van der Waals surface area contributed by atoms with Gasteiger partial charge in [-0.2, -0.15) is 0 Å². The molecule has 3 N–H and O–H groups in total. The first-order valence-corrected chi connectivity index (χ1v) is 11.7. The molecule has 36 heavy (non-hydrogen) atoms. The molecule has 0 unspecified atom stereocenters. The molecule has 5 rings (SSSR count). The number of H-pyrrole nitrogens is 1. The number of nitrogens with two attached hydrogens (primary N) is 1. The lowest BCUT2D eigenvalue weighted by molar-refractivity contribution is 0.1000. The fraction of sp³-hybridized carbons (Fsp3) is 0.286. The lowest BCUT2D eigenvalue weighted by atomic mass is 9.84. The number of methoxy groups -OCH3 is 1. The first-order chi connectivity index (χ1) is 17.0. The summed E-state index contributed by atoms with van der Waals surface area (Å²) < 4.78 is 11.2. The highest BCUT2D eigenvalue weighted by Crippen LogP contribution is 2.41. The van der Waals surface area contributed by atoms with Gasteiger partial charge in [0.25, 0.3) is 0 Å². The molecule has 0 aliphatic carbocycles. The Morgan fingerprint density at radius 1 is 1.06 bits per heavy atom. The number of rotatable bonds is 4. The smallest absolute Gasteiger partial charge is 0.248 e. The Morgan fingerprint density at radius 2 is 1.81 bits per heavy atom. The molecule has 0 aliphatic rings. The predicted octanol–water partition coefficient (Wildman–Crippen LogP) is 5.76. The van der Waals surface area contributed by atoms with Crippen LogP contribution in [-0.4, -0.2) is 33.1 Å². The largest absolute Gasteiger partial charge is 0.496 e. The maximum absolute atomic E-state index is 12.2. The SMILES string of the molecule is COc1cc2c(cc1-c1c(C)noc1C)[nH]c1nc(C)nc(-c3cc(C(N)=O)cc(C(C)(C)C)c3)c12. The second kappa shape index (κ2) is 8.19. The number of benzene rings is 2. The van der Waals surface area contributed by atoms with Gasteiger partial charge >= 0.3 is 0 Å². The summed E-state index contributed by atoms with van der Waals surface area (Å²) in [6, 6.07) is 9.74. The molecular weight excluding hydrogens is 454 g/mol. The van der Waals surface area contributed by atoms with E-state index in [1.54, 1.807) is 13.2 Å². The minimum Gasteiger partial charge on any atom is -0.496 e. The van der Waals surface area contributed by atoms with Gasteiger partial charge in [0.05, 0.1) is 29.4 Å². The van der Waals surface area contributed by atoms with E-state index in [1.165, 1.54) is 0 Å². The molecule has 0 bridgehead atoms. The molecule has 8 heteroatoms. The van der Waals surface area contributed by atoms with Crippen LogP contribution in [-0.2, 0) is 5.41 Å². The highest BCUT2D eigenvalue weighted by Gasteiger charge is 2.23. The number of nitrogens with one attached hydrogen (secondary N) is 1. The number of ether oxygens (including phenoxy) is 1. The third-order valence-corrected chi connectivity index (χ3v) is 6.54. The van der Waals surface area contributed by atoms with Crippen LogP contribution in [0.25, 0.3) is 44.3 Å². The molecule has 0 aliphatic heterocycles. The number of carbonyl (C=O) groups excluding carboxylic acids is 1. The molecule has 8 nitrogen and oxygen atoms in total. The zero-order chi connectivity index (χ0) is 25.9. The van der Waals surface area contributed by atoms with Gasteiger partial charge in [0.15, 0.2) is 0 Å². The van der Waals surface area contributed by atoms with Crippen molar-refractivity contribution in [3.8, 4) is 28.1 Å². The van der Waals surface area contributed by atoms with E-state index < -0.39 is 5.91 Å². The Morgan fingerprint density at radius 3 is 2.42 bits per heavy atom. The second-order valence-corrected chi connectivity index (χ2v) is 10.2. The Hall–Kier alpha value is -4.20. The average molecular weight is 484 g/mol. The highest BCUT2D eigenvalue weighted by molar-refractivity contribution is 6.14. The highest BCUT2D eigenvalue weighted by atomic mass is 16.5. The molecule has 1 amide bonds. The quantitative estimate of drug-likeness (QED) is 0.335. The predicted molar refractivity (Wildman–Crippen MR) is 140 cm³/mol. The van der Waals surface area contributed by atoms with Crippen LogP contribution in [0, 0.1) is 20.8 Å². The summed E-state index contributed by atoms with van der Waals surface area (Å²) in [7, 11) is 1.64. The Labute approximate surface area is 208 Å². The van der Waals surface area contributed by atoms with E-state index in [1.807, 2.05) is 39.0 Å². The molecule has 0 atom stereocenters. The maximum atomic E-state index is 12.2. The summed E-state index contributed by atoms with van der Waals surface area (Å²) >= 11 is 0. The summed E-state index contributed by atoms with van der Waals surface area (Å²) in [6.07, 6.45) is 0. The Balaban J connectivity index is 1.85. The average Bonchev–Trinajstić information content (AvgIpc) is 3.34. The van der Waals surface area contributed by atoms with Crippen LogP contribution in [0.1, 0.15) is 54.0 Å². The number of aromatic nitrogens is 4. The lowest BCUT2D eigenvalue weighted by Crippen LogP contribution is -2.16. The number of hydrogen-bond acceptors (Lipinski definition) is 6. The second-order valence-electron chi connectivity index (χ2n) is 10.2. The van der Waals surface area contributed by atoms with Crippen molar-refractivity contribution in [1.82, 2.24) is 20.1 Å². The van der Waals surface area contributed by atoms with Gasteiger partial charge in [0.2, 0.25) is 5.91 Å². The van der Waals surface area contributed by atoms with Gasteiger partial charge in [-0.25, -0.2) is 9.97 Å². The number of fused-ring (bicyclic) bond motifs is 3. The fourth-order valence-corrected chi connectivity index (χ4v) is 4.72. The third-order valence-electron chi connectivity index (χ3n) is 6.54. The first kappa shape index (κ1) is 23.5. The monoisotopic (exact) mass is 483 g/mol. The van der Waals surface area contributed by atoms with E-state index in [9.17, 15) is 4.79 Å². The number of carbonyl (C=O) groups is 1. The van der Waals surface area contributed by atoms with Crippen LogP contribution in [0.2, 0.25) is 0 Å². The summed E-state index contributed by atoms with van der Waals surface area (Å²) in [5.74, 6) is 1.54. The van der Waals surface area contributed by atoms with E-state index in [2.05, 4.69) is 42.0 Å². The molecule has 2 aromatic carbocycles. The zero-order valence-corrected chi connectivity index (χ0v) is 21.5. The number of nitrogens with zero attached hydrogens (tertiary/aromatic N) is 3. The van der Waals surface area contributed by atoms with Crippen molar-refractivity contribution in [2.45, 2.75) is 47.0 Å². The Bertz CT molecular complexity index is 1650. The van der Waals surface area contributed by atoms with Crippen molar-refractivity contribution in [2.75, 3.05) is 7.11 Å². The zero-order valence-electron chi connectivity index (χ0n) is 21.5. The van der Waals surface area contributed by atoms with Gasteiger partial charge in [-0.3, -0.25) is 4.79 Å². The van der Waals surface area contributed by atoms with Gasteiger partial charge in [-0.1, -0.05) is 25.9 Å². The standard InChI is InChI=1S/C28H29N5O3/c1-13-23(14(2)36-33-13)20-11-21-19(12-22(20)35-7)24-25(30-15(3)31-27(24)32-21)16-8-17(26(29)34)10-18(9-16)28(4,5)6/h8-12H,1-7H3,(H2,29,34)(H,30,31,32). The number of aryl methyl sites for hydroxylation is 3. The van der Waals surface area contributed by atoms with Crippen molar-refractivity contribution in [3.05, 3.63) is 58.7 Å². The van der Waals surface area contributed by atoms with E-state index in [0.29, 0.717) is 22.8 Å². The number of primary amides is 1. The van der Waals surface area contributed by atoms with Gasteiger partial charge in [-0.05, 0) is 62.1 Å². The summed E-state index contributed by atoms with van der Waals surface area (Å²) in [6.45, 7) is 12.0. The van der Waals surface area contributed by atoms with Crippen LogP contribution in [0.5, 0.6) is 5.75 Å². The summed E-state index contributed by atoms with van der Waals surface area (Å²) in [4.78, 5) is 25.2. The molecule has 0 saturated carbocycles. The maximum Gasteiger partial charge on any atom is 0.248 e. The van der Waals surface area contributed by atoms with Crippen molar-refractivity contribution in [3.63, 3.8) is 0 Å². The molecule has 0 fully saturated rings. The van der Waals surface area contributed by atoms with Crippen LogP contribution in [0.15, 0.2) is 34.9 Å². The summed E-state index contributed by atoms with van der Waals surface area (Å²) in [5, 5.41) is 5.86. The topological polar surface area (TPSA) is 120 Å². The number of aromatic amines is 1. The molecule has 184 valence electrons. The van der Waals surface area contributed by atoms with Gasteiger partial charge < -0.3 is 20.0 Å².